The highest BCUT2D eigenvalue weighted by Gasteiger charge is 2.43. The number of carboxylic acids is 1. The summed E-state index contributed by atoms with van der Waals surface area (Å²) in [5.41, 5.74) is 6.44. The largest absolute Gasteiger partial charge is 0.479 e. The molecule has 25 heavy (non-hydrogen) atoms. The molecule has 1 fully saturated rings. The normalized spacial score (nSPS) is 26.9. The number of nitrogen functional groups attached to an aromatic ring is 1. The van der Waals surface area contributed by atoms with Gasteiger partial charge in [0.2, 0.25) is 0 Å². The van der Waals surface area contributed by atoms with E-state index in [1.807, 2.05) is 0 Å². The van der Waals surface area contributed by atoms with E-state index in [4.69, 9.17) is 25.8 Å². The molecule has 1 aliphatic heterocycles. The molecule has 138 valence electrons. The summed E-state index contributed by atoms with van der Waals surface area (Å²) >= 11 is 0. The maximum Gasteiger partial charge on any atom is 0.332 e. The number of aliphatic hydroxyl groups is 4. The molecule has 0 spiro atoms. The van der Waals surface area contributed by atoms with Crippen molar-refractivity contribution in [2.24, 2.45) is 0 Å². The van der Waals surface area contributed by atoms with Gasteiger partial charge in [-0.25, -0.2) is 19.7 Å². The highest BCUT2D eigenvalue weighted by Crippen LogP contribution is 2.31. The van der Waals surface area contributed by atoms with E-state index in [1.165, 1.54) is 24.1 Å². The Labute approximate surface area is 141 Å². The Kier molecular flexibility index (Phi) is 5.81. The van der Waals surface area contributed by atoms with E-state index in [0.717, 1.165) is 0 Å². The lowest BCUT2D eigenvalue weighted by atomic mass is 10.1. The minimum absolute atomic E-state index is 0.218. The molecule has 0 radical (unpaired) electrons. The van der Waals surface area contributed by atoms with Crippen LogP contribution in [0.25, 0.3) is 11.2 Å². The first kappa shape index (κ1) is 19.0. The Morgan fingerprint density at radius 1 is 1.36 bits per heavy atom. The van der Waals surface area contributed by atoms with Crippen molar-refractivity contribution in [3.8, 4) is 0 Å². The molecule has 0 saturated carbocycles. The van der Waals surface area contributed by atoms with Crippen molar-refractivity contribution < 1.29 is 35.1 Å². The zero-order valence-electron chi connectivity index (χ0n) is 13.2. The van der Waals surface area contributed by atoms with Crippen LogP contribution in [0.5, 0.6) is 0 Å². The van der Waals surface area contributed by atoms with Crippen molar-refractivity contribution in [1.29, 1.82) is 0 Å². The second-order valence-electron chi connectivity index (χ2n) is 5.33. The van der Waals surface area contributed by atoms with Gasteiger partial charge in [0.25, 0.3) is 0 Å². The molecular weight excluding hydrogens is 338 g/mol. The molecule has 2 aromatic heterocycles. The quantitative estimate of drug-likeness (QED) is 0.339. The van der Waals surface area contributed by atoms with Crippen molar-refractivity contribution in [3.05, 3.63) is 12.7 Å². The number of carboxylic acid groups (broad SMARTS) is 1. The fraction of sp³-hybridized carbons (Fsp3) is 0.538. The van der Waals surface area contributed by atoms with E-state index in [2.05, 4.69) is 15.0 Å². The summed E-state index contributed by atoms with van der Waals surface area (Å²) < 4.78 is 6.85. The van der Waals surface area contributed by atoms with Gasteiger partial charge < -0.3 is 36.0 Å². The topological polar surface area (TPSA) is 197 Å². The monoisotopic (exact) mass is 357 g/mol. The maximum absolute atomic E-state index is 9.95. The van der Waals surface area contributed by atoms with Crippen molar-refractivity contribution in [1.82, 2.24) is 19.5 Å². The van der Waals surface area contributed by atoms with Gasteiger partial charge in [-0.15, -0.1) is 0 Å². The molecule has 7 N–H and O–H groups in total. The Morgan fingerprint density at radius 2 is 2.00 bits per heavy atom. The van der Waals surface area contributed by atoms with Gasteiger partial charge in [-0.05, 0) is 6.92 Å². The summed E-state index contributed by atoms with van der Waals surface area (Å²) in [6.07, 6.45) is -2.65. The van der Waals surface area contributed by atoms with Crippen LogP contribution in [0.15, 0.2) is 12.7 Å². The fourth-order valence-corrected chi connectivity index (χ4v) is 2.17. The van der Waals surface area contributed by atoms with Crippen molar-refractivity contribution in [2.45, 2.75) is 37.6 Å². The van der Waals surface area contributed by atoms with E-state index >= 15 is 0 Å². The van der Waals surface area contributed by atoms with E-state index < -0.39 is 43.2 Å². The molecule has 0 bridgehead atoms. The first-order valence-electron chi connectivity index (χ1n) is 7.24. The van der Waals surface area contributed by atoms with Gasteiger partial charge in [0, 0.05) is 0 Å². The third-order valence-electron chi connectivity index (χ3n) is 3.54. The fourth-order valence-electron chi connectivity index (χ4n) is 2.17. The van der Waals surface area contributed by atoms with Gasteiger partial charge in [0.15, 0.2) is 17.7 Å². The van der Waals surface area contributed by atoms with Crippen LogP contribution in [-0.2, 0) is 9.53 Å². The highest BCUT2D eigenvalue weighted by atomic mass is 16.6. The van der Waals surface area contributed by atoms with Crippen LogP contribution in [0, 0.1) is 0 Å². The van der Waals surface area contributed by atoms with Gasteiger partial charge in [0.05, 0.1) is 12.9 Å². The van der Waals surface area contributed by atoms with E-state index in [9.17, 15) is 15.0 Å². The maximum atomic E-state index is 9.95. The molecule has 5 atom stereocenters. The molecule has 1 aliphatic rings. The summed E-state index contributed by atoms with van der Waals surface area (Å²) in [6, 6.07) is 0. The van der Waals surface area contributed by atoms with Crippen LogP contribution >= 0.6 is 0 Å². The number of anilines is 1. The summed E-state index contributed by atoms with van der Waals surface area (Å²) in [5, 5.41) is 44.5. The molecule has 1 unspecified atom stereocenters. The van der Waals surface area contributed by atoms with Crippen LogP contribution in [0.4, 0.5) is 5.82 Å². The average Bonchev–Trinajstić information content (AvgIpc) is 3.11. The van der Waals surface area contributed by atoms with Crippen LogP contribution in [0.1, 0.15) is 13.2 Å². The number of ether oxygens (including phenoxy) is 1. The molecule has 12 nitrogen and oxygen atoms in total. The second kappa shape index (κ2) is 7.67. The van der Waals surface area contributed by atoms with Gasteiger partial charge in [-0.3, -0.25) is 4.57 Å². The number of nitrogens with two attached hydrogens (primary N) is 1. The van der Waals surface area contributed by atoms with Crippen molar-refractivity contribution in [2.75, 3.05) is 12.3 Å². The number of hydrogen-bond acceptors (Lipinski definition) is 10. The third kappa shape index (κ3) is 3.83. The number of hydrogen-bond donors (Lipinski definition) is 6. The SMILES string of the molecule is CC(O)C(=O)O.Nc1ncnc2c1ncn2[C@@H]1O[C@H](CO)[C@@H](O)[C@H]1O. The minimum atomic E-state index is -1.23. The predicted octanol–water partition coefficient (Wildman–Crippen LogP) is -2.53. The van der Waals surface area contributed by atoms with Crippen LogP contribution in [0.2, 0.25) is 0 Å². The lowest BCUT2D eigenvalue weighted by Crippen LogP contribution is -2.33. The van der Waals surface area contributed by atoms with Crippen molar-refractivity contribution in [3.63, 3.8) is 0 Å². The standard InChI is InChI=1S/C10H13N5O4.C3H6O3/c11-8-5-9(13-2-12-8)15(3-14-5)10-7(18)6(17)4(1-16)19-10;1-2(4)3(5)6/h2-4,6-7,10,16-18H,1H2,(H2,11,12,13);2,4H,1H3,(H,5,6)/t4-,6-,7-,10-;/m1./s1. The lowest BCUT2D eigenvalue weighted by molar-refractivity contribution is -0.145. The van der Waals surface area contributed by atoms with E-state index in [0.29, 0.717) is 11.2 Å². The summed E-state index contributed by atoms with van der Waals surface area (Å²) in [4.78, 5) is 21.3. The first-order valence-corrected chi connectivity index (χ1v) is 7.24. The number of imidazole rings is 1. The molecular formula is C13H19N5O7. The second-order valence-corrected chi connectivity index (χ2v) is 5.33. The molecule has 3 heterocycles. The smallest absolute Gasteiger partial charge is 0.332 e. The molecule has 12 heteroatoms. The van der Waals surface area contributed by atoms with Gasteiger partial charge in [-0.1, -0.05) is 0 Å². The summed E-state index contributed by atoms with van der Waals surface area (Å²) in [5.74, 6) is -0.967. The Morgan fingerprint density at radius 3 is 2.52 bits per heavy atom. The average molecular weight is 357 g/mol. The lowest BCUT2D eigenvalue weighted by Gasteiger charge is -2.16. The third-order valence-corrected chi connectivity index (χ3v) is 3.54. The predicted molar refractivity (Wildman–Crippen MR) is 82.1 cm³/mol. The van der Waals surface area contributed by atoms with E-state index in [1.54, 1.807) is 0 Å². The number of aliphatic carboxylic acids is 1. The van der Waals surface area contributed by atoms with Gasteiger partial charge >= 0.3 is 5.97 Å². The van der Waals surface area contributed by atoms with Crippen molar-refractivity contribution >= 4 is 23.0 Å². The number of fused-ring (bicyclic) bond motifs is 1. The van der Waals surface area contributed by atoms with Gasteiger partial charge in [-0.2, -0.15) is 0 Å². The Bertz CT molecular complexity index is 737. The zero-order valence-corrected chi connectivity index (χ0v) is 13.2. The van der Waals surface area contributed by atoms with Crippen LogP contribution in [-0.4, -0.2) is 82.0 Å². The highest BCUT2D eigenvalue weighted by molar-refractivity contribution is 5.81. The summed E-state index contributed by atoms with van der Waals surface area (Å²) in [6.45, 7) is 0.806. The number of rotatable bonds is 3. The summed E-state index contributed by atoms with van der Waals surface area (Å²) in [7, 11) is 0. The first-order chi connectivity index (χ1) is 11.8. The van der Waals surface area contributed by atoms with E-state index in [-0.39, 0.29) is 5.82 Å². The number of carbonyl (C=O) groups is 1. The molecule has 1 saturated heterocycles. The molecule has 2 aromatic rings. The van der Waals surface area contributed by atoms with Gasteiger partial charge in [0.1, 0.15) is 36.3 Å². The molecule has 0 aliphatic carbocycles. The Hall–Kier alpha value is -2.38. The van der Waals surface area contributed by atoms with Crippen LogP contribution in [0.3, 0.4) is 0 Å². The zero-order chi connectivity index (χ0) is 18.7. The molecule has 3 rings (SSSR count). The minimum Gasteiger partial charge on any atom is -0.479 e. The molecule has 0 amide bonds. The molecule has 0 aromatic carbocycles. The number of nitrogens with zero attached hydrogens (tertiary/aromatic N) is 4. The van der Waals surface area contributed by atoms with Crippen LogP contribution < -0.4 is 5.73 Å². The number of aromatic nitrogens is 4. The Balaban J connectivity index is 0.000000326. The number of aliphatic hydroxyl groups excluding tert-OH is 4.